The molecule has 0 saturated heterocycles. The van der Waals surface area contributed by atoms with Gasteiger partial charge in [0.25, 0.3) is 5.09 Å². The fourth-order valence-corrected chi connectivity index (χ4v) is 4.47. The molecule has 2 unspecified atom stereocenters. The predicted octanol–water partition coefficient (Wildman–Crippen LogP) is 2.77. The summed E-state index contributed by atoms with van der Waals surface area (Å²) in [6.45, 7) is 6.74. The van der Waals surface area contributed by atoms with Crippen LogP contribution in [0.3, 0.4) is 0 Å². The lowest BCUT2D eigenvalue weighted by molar-refractivity contribution is -0.757. The SMILES string of the molecule is Cc1ccc(C)c(Cc2nc(COC(=O)C(NC(=O)CCCO[N+](=O)[O-])C(C)C)nn2-c2ccc(S(N)=O)cc2F)c1. The number of carbonyl (C=O) groups excluding carboxylic acids is 2. The van der Waals surface area contributed by atoms with Crippen LogP contribution in [0, 0.1) is 35.7 Å². The minimum absolute atomic E-state index is 0.0444. The van der Waals surface area contributed by atoms with Gasteiger partial charge >= 0.3 is 5.97 Å². The van der Waals surface area contributed by atoms with E-state index in [4.69, 9.17) is 9.88 Å². The van der Waals surface area contributed by atoms with Gasteiger partial charge in [-0.3, -0.25) is 4.79 Å². The van der Waals surface area contributed by atoms with E-state index in [-0.39, 0.29) is 48.4 Å². The van der Waals surface area contributed by atoms with Crippen molar-refractivity contribution < 1.29 is 32.8 Å². The van der Waals surface area contributed by atoms with Gasteiger partial charge in [0, 0.05) is 12.8 Å². The van der Waals surface area contributed by atoms with Gasteiger partial charge in [0.1, 0.15) is 34.4 Å². The van der Waals surface area contributed by atoms with Crippen LogP contribution in [0.15, 0.2) is 41.3 Å². The Hall–Kier alpha value is -4.24. The number of aryl methyl sites for hydroxylation is 2. The first-order chi connectivity index (χ1) is 19.8. The average molecular weight is 605 g/mol. The third-order valence-electron chi connectivity index (χ3n) is 6.28. The van der Waals surface area contributed by atoms with Gasteiger partial charge in [0.05, 0.1) is 11.5 Å². The number of ether oxygens (including phenoxy) is 1. The third kappa shape index (κ3) is 8.88. The zero-order valence-corrected chi connectivity index (χ0v) is 24.5. The highest BCUT2D eigenvalue weighted by Gasteiger charge is 2.26. The lowest BCUT2D eigenvalue weighted by Crippen LogP contribution is -2.45. The summed E-state index contributed by atoms with van der Waals surface area (Å²) in [5, 5.41) is 21.7. The first-order valence-corrected chi connectivity index (χ1v) is 14.3. The van der Waals surface area contributed by atoms with Gasteiger partial charge in [0.2, 0.25) is 5.91 Å². The van der Waals surface area contributed by atoms with Gasteiger partial charge in [-0.05, 0) is 55.5 Å². The summed E-state index contributed by atoms with van der Waals surface area (Å²) in [4.78, 5) is 44.2. The standard InChI is InChI=1S/C27H33FN6O7S/c1-16(2)26(31-25(35)6-5-11-41-34(37)38)27(36)40-15-23-30-24(13-19-12-17(3)7-8-18(19)4)33(32-23)22-10-9-20(42(29)39)14-21(22)28/h7-10,12,14,16,26H,5-6,11,13,15,29H2,1-4H3,(H,31,35). The average Bonchev–Trinajstić information content (AvgIpc) is 3.32. The van der Waals surface area contributed by atoms with Crippen LogP contribution < -0.4 is 10.5 Å². The van der Waals surface area contributed by atoms with Crippen LogP contribution >= 0.6 is 0 Å². The summed E-state index contributed by atoms with van der Waals surface area (Å²) in [7, 11) is -1.87. The minimum atomic E-state index is -1.87. The first-order valence-electron chi connectivity index (χ1n) is 13.1. The lowest BCUT2D eigenvalue weighted by atomic mass is 10.0. The topological polar surface area (TPSA) is 182 Å². The third-order valence-corrected chi connectivity index (χ3v) is 6.99. The Balaban J connectivity index is 1.81. The highest BCUT2D eigenvalue weighted by molar-refractivity contribution is 7.82. The Kier molecular flexibility index (Phi) is 11.2. The number of rotatable bonds is 14. The normalized spacial score (nSPS) is 12.5. The molecule has 0 aliphatic rings. The molecule has 0 saturated carbocycles. The van der Waals surface area contributed by atoms with Crippen LogP contribution in [0.5, 0.6) is 0 Å². The van der Waals surface area contributed by atoms with Crippen molar-refractivity contribution in [1.82, 2.24) is 20.1 Å². The molecule has 1 heterocycles. The molecular formula is C27H33FN6O7S. The zero-order valence-electron chi connectivity index (χ0n) is 23.7. The van der Waals surface area contributed by atoms with Crippen molar-refractivity contribution >= 4 is 22.9 Å². The Labute approximate surface area is 244 Å². The van der Waals surface area contributed by atoms with Crippen LogP contribution in [0.4, 0.5) is 4.39 Å². The molecular weight excluding hydrogens is 571 g/mol. The van der Waals surface area contributed by atoms with E-state index < -0.39 is 39.8 Å². The van der Waals surface area contributed by atoms with E-state index in [0.29, 0.717) is 12.2 Å². The summed E-state index contributed by atoms with van der Waals surface area (Å²) >= 11 is 0. The molecule has 0 aliphatic heterocycles. The molecule has 226 valence electrons. The molecule has 1 aromatic heterocycles. The second-order valence-corrected chi connectivity index (χ2v) is 11.0. The van der Waals surface area contributed by atoms with Crippen molar-refractivity contribution in [3.05, 3.63) is 80.7 Å². The summed E-state index contributed by atoms with van der Waals surface area (Å²) in [5.74, 6) is -1.79. The second-order valence-electron chi connectivity index (χ2n) is 9.93. The van der Waals surface area contributed by atoms with Crippen LogP contribution in [0.1, 0.15) is 55.0 Å². The maximum Gasteiger partial charge on any atom is 0.329 e. The molecule has 3 N–H and O–H groups in total. The largest absolute Gasteiger partial charge is 0.456 e. The summed E-state index contributed by atoms with van der Waals surface area (Å²) in [6.07, 6.45) is 0.305. The van der Waals surface area contributed by atoms with Crippen LogP contribution in [-0.4, -0.2) is 48.6 Å². The number of hydrogen-bond donors (Lipinski definition) is 2. The van der Waals surface area contributed by atoms with E-state index in [0.717, 1.165) is 22.8 Å². The van der Waals surface area contributed by atoms with Gasteiger partial charge in [-0.15, -0.1) is 15.2 Å². The van der Waals surface area contributed by atoms with E-state index in [1.54, 1.807) is 13.8 Å². The van der Waals surface area contributed by atoms with Crippen molar-refractivity contribution in [3.8, 4) is 5.69 Å². The summed E-state index contributed by atoms with van der Waals surface area (Å²) in [6, 6.07) is 8.83. The second kappa shape index (κ2) is 14.6. The number of hydrogen-bond acceptors (Lipinski definition) is 9. The maximum absolute atomic E-state index is 15.1. The maximum atomic E-state index is 15.1. The van der Waals surface area contributed by atoms with Crippen molar-refractivity contribution in [2.24, 2.45) is 11.1 Å². The number of amides is 1. The van der Waals surface area contributed by atoms with Gasteiger partial charge in [0.15, 0.2) is 12.4 Å². The van der Waals surface area contributed by atoms with E-state index >= 15 is 4.39 Å². The molecule has 2 aromatic carbocycles. The van der Waals surface area contributed by atoms with E-state index in [1.807, 2.05) is 32.0 Å². The number of aromatic nitrogens is 3. The molecule has 0 fully saturated rings. The highest BCUT2D eigenvalue weighted by Crippen LogP contribution is 2.21. The number of nitrogens with two attached hydrogens (primary N) is 1. The smallest absolute Gasteiger partial charge is 0.329 e. The molecule has 0 radical (unpaired) electrons. The summed E-state index contributed by atoms with van der Waals surface area (Å²) in [5.41, 5.74) is 3.02. The highest BCUT2D eigenvalue weighted by atomic mass is 32.2. The molecule has 0 bridgehead atoms. The molecule has 0 aliphatic carbocycles. The quantitative estimate of drug-likeness (QED) is 0.121. The number of benzene rings is 2. The fraction of sp³-hybridized carbons (Fsp3) is 0.407. The van der Waals surface area contributed by atoms with Gasteiger partial charge in [-0.2, -0.15) is 0 Å². The van der Waals surface area contributed by atoms with E-state index in [2.05, 4.69) is 20.2 Å². The molecule has 1 amide bonds. The Morgan fingerprint density at radius 1 is 1.21 bits per heavy atom. The summed E-state index contributed by atoms with van der Waals surface area (Å²) < 4.78 is 33.5. The monoisotopic (exact) mass is 604 g/mol. The van der Waals surface area contributed by atoms with Gasteiger partial charge in [-0.25, -0.2) is 28.2 Å². The minimum Gasteiger partial charge on any atom is -0.456 e. The van der Waals surface area contributed by atoms with Crippen LogP contribution in [-0.2, 0) is 43.2 Å². The fourth-order valence-electron chi connectivity index (χ4n) is 4.05. The van der Waals surface area contributed by atoms with Crippen molar-refractivity contribution in [1.29, 1.82) is 0 Å². The molecule has 3 rings (SSSR count). The van der Waals surface area contributed by atoms with E-state index in [1.165, 1.54) is 16.8 Å². The molecule has 13 nitrogen and oxygen atoms in total. The van der Waals surface area contributed by atoms with Crippen LogP contribution in [0.25, 0.3) is 5.69 Å². The Bertz CT molecular complexity index is 1480. The Morgan fingerprint density at radius 3 is 2.60 bits per heavy atom. The van der Waals surface area contributed by atoms with Crippen LogP contribution in [0.2, 0.25) is 0 Å². The first kappa shape index (κ1) is 32.3. The van der Waals surface area contributed by atoms with Gasteiger partial charge < -0.3 is 14.9 Å². The predicted molar refractivity (Wildman–Crippen MR) is 149 cm³/mol. The number of nitrogens with one attached hydrogen (secondary N) is 1. The number of halogens is 1. The molecule has 0 spiro atoms. The van der Waals surface area contributed by atoms with Crippen molar-refractivity contribution in [2.45, 2.75) is 64.5 Å². The van der Waals surface area contributed by atoms with E-state index in [9.17, 15) is 23.9 Å². The lowest BCUT2D eigenvalue weighted by Gasteiger charge is -2.20. The molecule has 15 heteroatoms. The molecule has 2 atom stereocenters. The number of esters is 1. The molecule has 3 aromatic rings. The molecule has 42 heavy (non-hydrogen) atoms. The Morgan fingerprint density at radius 2 is 1.95 bits per heavy atom. The van der Waals surface area contributed by atoms with Gasteiger partial charge in [-0.1, -0.05) is 37.6 Å². The number of carbonyl (C=O) groups is 2. The number of nitrogens with zero attached hydrogens (tertiary/aromatic N) is 4. The zero-order chi connectivity index (χ0) is 31.0. The van der Waals surface area contributed by atoms with Crippen molar-refractivity contribution in [2.75, 3.05) is 6.61 Å². The van der Waals surface area contributed by atoms with Crippen molar-refractivity contribution in [3.63, 3.8) is 0 Å².